The summed E-state index contributed by atoms with van der Waals surface area (Å²) in [7, 11) is 0. The molecule has 0 spiro atoms. The average Bonchev–Trinajstić information content (AvgIpc) is 3.01. The van der Waals surface area contributed by atoms with Crippen molar-refractivity contribution in [3.8, 4) is 17.1 Å². The van der Waals surface area contributed by atoms with Gasteiger partial charge in [-0.2, -0.15) is 4.68 Å². The summed E-state index contributed by atoms with van der Waals surface area (Å²) < 4.78 is 3.58. The summed E-state index contributed by atoms with van der Waals surface area (Å²) in [4.78, 5) is 31.3. The molecule has 1 atom stereocenters. The van der Waals surface area contributed by atoms with E-state index in [1.807, 2.05) is 63.2 Å². The van der Waals surface area contributed by atoms with E-state index in [1.54, 1.807) is 0 Å². The lowest BCUT2D eigenvalue weighted by Gasteiger charge is -2.20. The first-order valence-electron chi connectivity index (χ1n) is 12.0. The van der Waals surface area contributed by atoms with E-state index in [1.165, 1.54) is 16.4 Å². The van der Waals surface area contributed by atoms with Gasteiger partial charge in [0.15, 0.2) is 11.0 Å². The van der Waals surface area contributed by atoms with Crippen LogP contribution in [0, 0.1) is 13.8 Å². The Balaban J connectivity index is 1.51. The third-order valence-electron chi connectivity index (χ3n) is 6.46. The number of amides is 1. The van der Waals surface area contributed by atoms with Gasteiger partial charge >= 0.3 is 0 Å². The van der Waals surface area contributed by atoms with Crippen LogP contribution in [-0.4, -0.2) is 30.5 Å². The van der Waals surface area contributed by atoms with Crippen molar-refractivity contribution in [1.82, 2.24) is 19.3 Å². The lowest BCUT2D eigenvalue weighted by Crippen LogP contribution is -2.24. The molecule has 2 aromatic carbocycles. The van der Waals surface area contributed by atoms with Crippen LogP contribution in [0.25, 0.3) is 17.1 Å². The number of thioether (sulfide) groups is 1. The number of hydrogen-bond donors (Lipinski definition) is 1. The number of nitrogens with one attached hydrogen (secondary N) is 1. The molecule has 0 radical (unpaired) electrons. The van der Waals surface area contributed by atoms with Crippen molar-refractivity contribution in [3.63, 3.8) is 0 Å². The summed E-state index contributed by atoms with van der Waals surface area (Å²) in [6, 6.07) is 15.4. The van der Waals surface area contributed by atoms with Crippen molar-refractivity contribution in [2.75, 3.05) is 5.32 Å². The first-order valence-corrected chi connectivity index (χ1v) is 12.9. The maximum atomic E-state index is 13.4. The molecule has 3 heterocycles. The molecular formula is C27H29N5O2S. The van der Waals surface area contributed by atoms with Crippen molar-refractivity contribution in [2.24, 2.45) is 0 Å². The third-order valence-corrected chi connectivity index (χ3v) is 7.55. The third kappa shape index (κ3) is 4.62. The van der Waals surface area contributed by atoms with Crippen molar-refractivity contribution in [1.29, 1.82) is 0 Å². The van der Waals surface area contributed by atoms with Crippen molar-refractivity contribution in [2.45, 2.75) is 63.4 Å². The molecule has 5 rings (SSSR count). The molecule has 8 heteroatoms. The fourth-order valence-electron chi connectivity index (χ4n) is 4.59. The van der Waals surface area contributed by atoms with Crippen LogP contribution in [0.1, 0.15) is 43.0 Å². The predicted octanol–water partition coefficient (Wildman–Crippen LogP) is 5.00. The minimum absolute atomic E-state index is 0.0776. The van der Waals surface area contributed by atoms with E-state index >= 15 is 0 Å². The smallest absolute Gasteiger partial charge is 0.284 e. The number of aromatic nitrogens is 4. The number of carbonyl (C=O) groups excluding carboxylic acids is 1. The molecule has 1 unspecified atom stereocenters. The first kappa shape index (κ1) is 23.4. The highest BCUT2D eigenvalue weighted by molar-refractivity contribution is 8.00. The van der Waals surface area contributed by atoms with Crippen LogP contribution >= 0.6 is 11.8 Å². The molecule has 0 fully saturated rings. The van der Waals surface area contributed by atoms with Crippen molar-refractivity contribution in [3.05, 3.63) is 75.7 Å². The summed E-state index contributed by atoms with van der Waals surface area (Å²) in [6.07, 6.45) is 3.92. The van der Waals surface area contributed by atoms with Gasteiger partial charge in [-0.05, 0) is 63.8 Å². The second-order valence-corrected chi connectivity index (χ2v) is 10.4. The molecular weight excluding hydrogens is 458 g/mol. The number of benzene rings is 2. The van der Waals surface area contributed by atoms with Gasteiger partial charge in [0.1, 0.15) is 5.56 Å². The van der Waals surface area contributed by atoms with Crippen LogP contribution in [0.3, 0.4) is 0 Å². The Bertz CT molecular complexity index is 1410. The molecule has 0 saturated carbocycles. The Morgan fingerprint density at radius 1 is 1.09 bits per heavy atom. The molecule has 0 aromatic heterocycles. The minimum atomic E-state index is -0.372. The zero-order chi connectivity index (χ0) is 24.5. The van der Waals surface area contributed by atoms with Gasteiger partial charge in [0.05, 0.1) is 10.9 Å². The van der Waals surface area contributed by atoms with Crippen molar-refractivity contribution < 1.29 is 4.79 Å². The molecule has 2 aromatic rings. The van der Waals surface area contributed by atoms with Gasteiger partial charge in [-0.1, -0.05) is 54.1 Å². The highest BCUT2D eigenvalue weighted by Crippen LogP contribution is 2.32. The molecule has 180 valence electrons. The van der Waals surface area contributed by atoms with Gasteiger partial charge in [-0.3, -0.25) is 9.59 Å². The number of fused-ring (bicyclic) bond motifs is 3. The molecule has 35 heavy (non-hydrogen) atoms. The predicted molar refractivity (Wildman–Crippen MR) is 140 cm³/mol. The summed E-state index contributed by atoms with van der Waals surface area (Å²) in [5.41, 5.74) is 5.16. The summed E-state index contributed by atoms with van der Waals surface area (Å²) in [6.45, 7) is 6.70. The highest BCUT2D eigenvalue weighted by atomic mass is 32.2. The standard InChI is InChI=1S/C27H29N5O2S/c1-17-13-14-21(18(2)16-17)28-25(33)19(3)35-27-29-24-23(22-12-8-5-9-15-31(22)27)26(34)32(30-24)20-10-6-4-7-11-20/h4,6-7,10-11,13-14,16,19H,5,8-9,12,15H2,1-3H3,(H,28,33). The molecule has 3 aliphatic rings. The highest BCUT2D eigenvalue weighted by Gasteiger charge is 2.28. The number of nitrogens with zero attached hydrogens (tertiary/aromatic N) is 4. The Labute approximate surface area is 208 Å². The van der Waals surface area contributed by atoms with E-state index < -0.39 is 0 Å². The van der Waals surface area contributed by atoms with E-state index in [4.69, 9.17) is 4.98 Å². The fraction of sp³-hybridized carbons (Fsp3) is 0.333. The van der Waals surface area contributed by atoms with E-state index in [2.05, 4.69) is 21.0 Å². The second kappa shape index (κ2) is 9.70. The van der Waals surface area contributed by atoms with E-state index in [-0.39, 0.29) is 16.7 Å². The number of anilines is 1. The fourth-order valence-corrected chi connectivity index (χ4v) is 5.54. The average molecular weight is 488 g/mol. The van der Waals surface area contributed by atoms with Crippen molar-refractivity contribution >= 4 is 23.4 Å². The molecule has 3 aliphatic heterocycles. The van der Waals surface area contributed by atoms with Crippen LogP contribution in [0.2, 0.25) is 0 Å². The summed E-state index contributed by atoms with van der Waals surface area (Å²) in [5.74, 6) is 0.364. The Morgan fingerprint density at radius 3 is 2.66 bits per heavy atom. The number of para-hydroxylation sites is 1. The zero-order valence-corrected chi connectivity index (χ0v) is 21.1. The van der Waals surface area contributed by atoms with Crippen LogP contribution in [-0.2, 0) is 17.8 Å². The minimum Gasteiger partial charge on any atom is -0.325 e. The topological polar surface area (TPSA) is 81.8 Å². The zero-order valence-electron chi connectivity index (χ0n) is 20.2. The van der Waals surface area contributed by atoms with Gasteiger partial charge in [-0.15, -0.1) is 5.10 Å². The van der Waals surface area contributed by atoms with Gasteiger partial charge in [-0.25, -0.2) is 4.98 Å². The number of rotatable bonds is 5. The molecule has 7 nitrogen and oxygen atoms in total. The van der Waals surface area contributed by atoms with Crippen LogP contribution in [0.15, 0.2) is 58.5 Å². The van der Waals surface area contributed by atoms with Gasteiger partial charge in [0, 0.05) is 17.9 Å². The summed E-state index contributed by atoms with van der Waals surface area (Å²) in [5, 5.41) is 8.00. The lowest BCUT2D eigenvalue weighted by molar-refractivity contribution is -0.115. The molecule has 1 amide bonds. The monoisotopic (exact) mass is 487 g/mol. The maximum absolute atomic E-state index is 13.4. The van der Waals surface area contributed by atoms with E-state index in [0.717, 1.165) is 65.6 Å². The largest absolute Gasteiger partial charge is 0.325 e. The number of carbonyl (C=O) groups is 1. The Hall–Kier alpha value is -3.39. The van der Waals surface area contributed by atoms with Crippen LogP contribution < -0.4 is 10.9 Å². The molecule has 1 N–H and O–H groups in total. The van der Waals surface area contributed by atoms with E-state index in [0.29, 0.717) is 11.4 Å². The van der Waals surface area contributed by atoms with Crippen LogP contribution in [0.5, 0.6) is 0 Å². The van der Waals surface area contributed by atoms with E-state index in [9.17, 15) is 9.59 Å². The second-order valence-electron chi connectivity index (χ2n) is 9.12. The SMILES string of the molecule is Cc1ccc(NC(=O)C(C)Sc2nc3nn(-c4ccccc4)c(=O)c-3c3n2CCCCC3)c(C)c1. The summed E-state index contributed by atoms with van der Waals surface area (Å²) >= 11 is 1.42. The van der Waals surface area contributed by atoms with Crippen LogP contribution in [0.4, 0.5) is 5.69 Å². The molecule has 0 saturated heterocycles. The Kier molecular flexibility index (Phi) is 6.47. The number of hydrogen-bond acceptors (Lipinski definition) is 5. The van der Waals surface area contributed by atoms with Gasteiger partial charge in [0.2, 0.25) is 5.91 Å². The number of aryl methyl sites for hydroxylation is 2. The maximum Gasteiger partial charge on any atom is 0.284 e. The normalized spacial score (nSPS) is 14.4. The molecule has 0 aliphatic carbocycles. The van der Waals surface area contributed by atoms with Gasteiger partial charge in [0.25, 0.3) is 5.56 Å². The quantitative estimate of drug-likeness (QED) is 0.317. The van der Waals surface area contributed by atoms with Gasteiger partial charge < -0.3 is 9.88 Å². The molecule has 0 bridgehead atoms. The Morgan fingerprint density at radius 2 is 1.89 bits per heavy atom. The lowest BCUT2D eigenvalue weighted by atomic mass is 10.1. The first-order chi connectivity index (χ1) is 16.9.